The zero-order chi connectivity index (χ0) is 15.5. The third kappa shape index (κ3) is 3.89. The van der Waals surface area contributed by atoms with Crippen LogP contribution >= 0.6 is 11.6 Å². The first kappa shape index (κ1) is 15.2. The van der Waals surface area contributed by atoms with Gasteiger partial charge in [0.25, 0.3) is 0 Å². The first-order chi connectivity index (χ1) is 9.90. The fourth-order valence-corrected chi connectivity index (χ4v) is 1.97. The lowest BCUT2D eigenvalue weighted by Gasteiger charge is -2.11. The van der Waals surface area contributed by atoms with Crippen molar-refractivity contribution in [2.24, 2.45) is 0 Å². The zero-order valence-corrected chi connectivity index (χ0v) is 11.5. The van der Waals surface area contributed by atoms with Crippen molar-refractivity contribution in [2.75, 3.05) is 5.32 Å². The lowest BCUT2D eigenvalue weighted by molar-refractivity contribution is -0.137. The molecule has 0 aromatic heterocycles. The molecule has 0 aliphatic heterocycles. The third-order valence-electron chi connectivity index (χ3n) is 2.83. The predicted molar refractivity (Wildman–Crippen MR) is 74.9 cm³/mol. The minimum absolute atomic E-state index is 0.179. The van der Waals surface area contributed by atoms with E-state index in [2.05, 4.69) is 5.32 Å². The number of hydrogen-bond donors (Lipinski definition) is 1. The maximum absolute atomic E-state index is 12.6. The van der Waals surface area contributed by atoms with Gasteiger partial charge < -0.3 is 5.32 Å². The summed E-state index contributed by atoms with van der Waals surface area (Å²) in [6, 6.07) is 11.7. The monoisotopic (exact) mass is 310 g/mol. The van der Waals surface area contributed by atoms with Crippen LogP contribution in [-0.4, -0.2) is 0 Å². The van der Waals surface area contributed by atoms with Crippen LogP contribution in [0.15, 0.2) is 42.5 Å². The summed E-state index contributed by atoms with van der Waals surface area (Å²) in [5.74, 6) is 0. The maximum atomic E-state index is 12.6. The summed E-state index contributed by atoms with van der Waals surface area (Å²) < 4.78 is 37.8. The van der Waals surface area contributed by atoms with Crippen molar-refractivity contribution in [3.63, 3.8) is 0 Å². The van der Waals surface area contributed by atoms with Crippen LogP contribution in [0.25, 0.3) is 0 Å². The van der Waals surface area contributed by atoms with Crippen molar-refractivity contribution >= 4 is 17.3 Å². The molecule has 0 amide bonds. The normalized spacial score (nSPS) is 11.0. The van der Waals surface area contributed by atoms with Crippen molar-refractivity contribution in [1.29, 1.82) is 5.26 Å². The van der Waals surface area contributed by atoms with Gasteiger partial charge in [0, 0.05) is 6.54 Å². The molecule has 2 nitrogen and oxygen atoms in total. The molecule has 0 spiro atoms. The largest absolute Gasteiger partial charge is 0.416 e. The van der Waals surface area contributed by atoms with Crippen LogP contribution in [0.2, 0.25) is 5.02 Å². The van der Waals surface area contributed by atoms with Crippen molar-refractivity contribution in [3.05, 3.63) is 64.2 Å². The van der Waals surface area contributed by atoms with E-state index in [0.717, 1.165) is 12.1 Å². The molecule has 0 aliphatic rings. The zero-order valence-electron chi connectivity index (χ0n) is 10.7. The second-order valence-electron chi connectivity index (χ2n) is 4.36. The fraction of sp³-hybridized carbons (Fsp3) is 0.133. The lowest BCUT2D eigenvalue weighted by Crippen LogP contribution is -2.07. The number of nitrogens with one attached hydrogen (secondary N) is 1. The van der Waals surface area contributed by atoms with E-state index in [9.17, 15) is 13.2 Å². The molecule has 2 rings (SSSR count). The number of anilines is 1. The van der Waals surface area contributed by atoms with E-state index in [1.807, 2.05) is 6.07 Å². The van der Waals surface area contributed by atoms with E-state index in [1.54, 1.807) is 24.3 Å². The smallest absolute Gasteiger partial charge is 0.380 e. The number of hydrogen-bond acceptors (Lipinski definition) is 2. The standard InChI is InChI=1S/C15H10ClF3N2/c16-13-5-4-10(8-20)7-14(13)21-9-11-2-1-3-12(6-11)15(17,18)19/h1-7,21H,9H2. The van der Waals surface area contributed by atoms with E-state index < -0.39 is 11.7 Å². The number of alkyl halides is 3. The van der Waals surface area contributed by atoms with Crippen LogP contribution < -0.4 is 5.32 Å². The van der Waals surface area contributed by atoms with Crippen molar-refractivity contribution in [3.8, 4) is 6.07 Å². The Hall–Kier alpha value is -2.19. The maximum Gasteiger partial charge on any atom is 0.416 e. The van der Waals surface area contributed by atoms with Crippen LogP contribution in [0.4, 0.5) is 18.9 Å². The number of rotatable bonds is 3. The van der Waals surface area contributed by atoms with E-state index in [4.69, 9.17) is 16.9 Å². The molecule has 6 heteroatoms. The Morgan fingerprint density at radius 3 is 2.57 bits per heavy atom. The van der Waals surface area contributed by atoms with Gasteiger partial charge in [-0.05, 0) is 35.9 Å². The summed E-state index contributed by atoms with van der Waals surface area (Å²) >= 11 is 5.97. The molecule has 0 bridgehead atoms. The molecule has 2 aromatic rings. The Bertz CT molecular complexity index is 690. The highest BCUT2D eigenvalue weighted by molar-refractivity contribution is 6.33. The topological polar surface area (TPSA) is 35.8 Å². The molecule has 0 saturated heterocycles. The molecule has 0 radical (unpaired) electrons. The van der Waals surface area contributed by atoms with Gasteiger partial charge in [0.2, 0.25) is 0 Å². The first-order valence-electron chi connectivity index (χ1n) is 6.00. The van der Waals surface area contributed by atoms with Gasteiger partial charge in [-0.2, -0.15) is 18.4 Å². The highest BCUT2D eigenvalue weighted by Gasteiger charge is 2.30. The molecule has 0 heterocycles. The Balaban J connectivity index is 2.16. The molecular weight excluding hydrogens is 301 g/mol. The Morgan fingerprint density at radius 1 is 1.14 bits per heavy atom. The molecule has 0 unspecified atom stereocenters. The molecule has 0 saturated carbocycles. The molecule has 0 fully saturated rings. The second kappa shape index (κ2) is 6.06. The number of halogens is 4. The molecule has 2 aromatic carbocycles. The first-order valence-corrected chi connectivity index (χ1v) is 6.37. The number of nitriles is 1. The molecule has 0 aliphatic carbocycles. The Morgan fingerprint density at radius 2 is 1.90 bits per heavy atom. The lowest BCUT2D eigenvalue weighted by atomic mass is 10.1. The van der Waals surface area contributed by atoms with E-state index in [1.165, 1.54) is 6.07 Å². The van der Waals surface area contributed by atoms with Gasteiger partial charge in [-0.15, -0.1) is 0 Å². The van der Waals surface area contributed by atoms with E-state index >= 15 is 0 Å². The van der Waals surface area contributed by atoms with Gasteiger partial charge in [0.15, 0.2) is 0 Å². The van der Waals surface area contributed by atoms with Crippen LogP contribution in [-0.2, 0) is 12.7 Å². The number of nitrogens with zero attached hydrogens (tertiary/aromatic N) is 1. The summed E-state index contributed by atoms with van der Waals surface area (Å²) in [5, 5.41) is 12.2. The summed E-state index contributed by atoms with van der Waals surface area (Å²) in [4.78, 5) is 0. The van der Waals surface area contributed by atoms with E-state index in [-0.39, 0.29) is 6.54 Å². The van der Waals surface area contributed by atoms with Crippen LogP contribution in [0.1, 0.15) is 16.7 Å². The predicted octanol–water partition coefficient (Wildman–Crippen LogP) is 4.84. The third-order valence-corrected chi connectivity index (χ3v) is 3.16. The quantitative estimate of drug-likeness (QED) is 0.880. The average molecular weight is 311 g/mol. The molecule has 108 valence electrons. The van der Waals surface area contributed by atoms with Crippen LogP contribution in [0.3, 0.4) is 0 Å². The highest BCUT2D eigenvalue weighted by Crippen LogP contribution is 2.30. The summed E-state index contributed by atoms with van der Waals surface area (Å²) in [5.41, 5.74) is 0.709. The Labute approximate surface area is 124 Å². The van der Waals surface area contributed by atoms with Crippen molar-refractivity contribution in [2.45, 2.75) is 12.7 Å². The van der Waals surface area contributed by atoms with E-state index in [0.29, 0.717) is 21.8 Å². The fourth-order valence-electron chi connectivity index (χ4n) is 1.79. The highest BCUT2D eigenvalue weighted by atomic mass is 35.5. The van der Waals surface area contributed by atoms with Gasteiger partial charge in [0.05, 0.1) is 27.9 Å². The number of benzene rings is 2. The van der Waals surface area contributed by atoms with Crippen molar-refractivity contribution in [1.82, 2.24) is 0 Å². The van der Waals surface area contributed by atoms with Crippen LogP contribution in [0, 0.1) is 11.3 Å². The minimum Gasteiger partial charge on any atom is -0.380 e. The van der Waals surface area contributed by atoms with Gasteiger partial charge >= 0.3 is 6.18 Å². The van der Waals surface area contributed by atoms with Gasteiger partial charge in [0.1, 0.15) is 0 Å². The molecule has 0 atom stereocenters. The molecular formula is C15H10ClF3N2. The SMILES string of the molecule is N#Cc1ccc(Cl)c(NCc2cccc(C(F)(F)F)c2)c1. The molecule has 21 heavy (non-hydrogen) atoms. The average Bonchev–Trinajstić information content (AvgIpc) is 2.46. The summed E-state index contributed by atoms with van der Waals surface area (Å²) in [6.45, 7) is 0.179. The second-order valence-corrected chi connectivity index (χ2v) is 4.77. The van der Waals surface area contributed by atoms with Crippen LogP contribution in [0.5, 0.6) is 0 Å². The van der Waals surface area contributed by atoms with Crippen molar-refractivity contribution < 1.29 is 13.2 Å². The summed E-state index contributed by atoms with van der Waals surface area (Å²) in [6.07, 6.45) is -4.37. The molecule has 1 N–H and O–H groups in total. The van der Waals surface area contributed by atoms with Gasteiger partial charge in [-0.3, -0.25) is 0 Å². The van der Waals surface area contributed by atoms with Gasteiger partial charge in [-0.25, -0.2) is 0 Å². The Kier molecular flexibility index (Phi) is 4.39. The summed E-state index contributed by atoms with van der Waals surface area (Å²) in [7, 11) is 0. The minimum atomic E-state index is -4.37. The van der Waals surface area contributed by atoms with Gasteiger partial charge in [-0.1, -0.05) is 23.7 Å².